The van der Waals surface area contributed by atoms with Crippen molar-refractivity contribution in [2.24, 2.45) is 11.5 Å². The fourth-order valence-corrected chi connectivity index (χ4v) is 0.712. The molecule has 0 rings (SSSR count). The topological polar surface area (TPSA) is 316 Å². The second-order valence-corrected chi connectivity index (χ2v) is 5.31. The standard InChI is InChI=1S/C4H9NO3.2C4H6O4.C3H7NO3/c1-2(6)3(5)4(7)8;2*5-3(6)1-2-4(7)8;4-2(1-5)3(6)7/h2-3,6H,5H2,1H3,(H,7,8);2*1-2H2,(H,5,6)(H,7,8);2,5H,1,4H2,(H,6,7). The molecular formula is C15H28N2O14. The van der Waals surface area contributed by atoms with Crippen molar-refractivity contribution < 1.29 is 69.6 Å². The summed E-state index contributed by atoms with van der Waals surface area (Å²) in [7, 11) is 0. The average Bonchev–Trinajstić information content (AvgIpc) is 2.64. The predicted molar refractivity (Wildman–Crippen MR) is 99.0 cm³/mol. The van der Waals surface area contributed by atoms with Crippen molar-refractivity contribution in [2.45, 2.75) is 50.8 Å². The lowest BCUT2D eigenvalue weighted by atomic mass is 10.2. The van der Waals surface area contributed by atoms with Gasteiger partial charge in [-0.05, 0) is 6.92 Å². The fraction of sp³-hybridized carbons (Fsp3) is 0.600. The first kappa shape index (κ1) is 35.1. The maximum absolute atomic E-state index is 9.86. The molecule has 0 aliphatic carbocycles. The highest BCUT2D eigenvalue weighted by Crippen LogP contribution is 1.87. The van der Waals surface area contributed by atoms with E-state index in [9.17, 15) is 28.8 Å². The van der Waals surface area contributed by atoms with E-state index in [1.165, 1.54) is 6.92 Å². The van der Waals surface area contributed by atoms with Crippen LogP contribution in [0.25, 0.3) is 0 Å². The van der Waals surface area contributed by atoms with E-state index in [-0.39, 0.29) is 25.7 Å². The largest absolute Gasteiger partial charge is 0.481 e. The Balaban J connectivity index is -0.000000157. The number of aliphatic hydroxyl groups is 2. The van der Waals surface area contributed by atoms with Crippen LogP contribution in [-0.2, 0) is 28.8 Å². The number of nitrogens with two attached hydrogens (primary N) is 2. The monoisotopic (exact) mass is 460 g/mol. The van der Waals surface area contributed by atoms with Gasteiger partial charge in [0, 0.05) is 0 Å². The number of carboxylic acids is 6. The molecule has 3 unspecified atom stereocenters. The van der Waals surface area contributed by atoms with Crippen LogP contribution in [-0.4, -0.2) is 101 Å². The van der Waals surface area contributed by atoms with E-state index < -0.39 is 60.6 Å². The molecule has 0 heterocycles. The highest BCUT2D eigenvalue weighted by Gasteiger charge is 2.16. The summed E-state index contributed by atoms with van der Waals surface area (Å²) in [6.45, 7) is 0.827. The molecule has 0 bridgehead atoms. The highest BCUT2D eigenvalue weighted by atomic mass is 16.4. The molecule has 0 aliphatic rings. The lowest BCUT2D eigenvalue weighted by Crippen LogP contribution is -2.39. The van der Waals surface area contributed by atoms with Gasteiger partial charge in [0.15, 0.2) is 0 Å². The summed E-state index contributed by atoms with van der Waals surface area (Å²) in [5.74, 6) is -6.66. The quantitative estimate of drug-likeness (QED) is 0.155. The lowest BCUT2D eigenvalue weighted by molar-refractivity contribution is -0.143. The molecule has 182 valence electrons. The lowest BCUT2D eigenvalue weighted by Gasteiger charge is -2.06. The molecule has 0 aliphatic heterocycles. The van der Waals surface area contributed by atoms with Crippen LogP contribution < -0.4 is 11.5 Å². The van der Waals surface area contributed by atoms with Gasteiger partial charge in [0.05, 0.1) is 38.4 Å². The number of rotatable bonds is 10. The van der Waals surface area contributed by atoms with Crippen LogP contribution in [0.3, 0.4) is 0 Å². The summed E-state index contributed by atoms with van der Waals surface area (Å²) in [6, 6.07) is -2.28. The summed E-state index contributed by atoms with van der Waals surface area (Å²) >= 11 is 0. The maximum atomic E-state index is 9.86. The van der Waals surface area contributed by atoms with Gasteiger partial charge in [-0.15, -0.1) is 0 Å². The zero-order chi connectivity index (χ0) is 25.7. The summed E-state index contributed by atoms with van der Waals surface area (Å²) in [4.78, 5) is 58.1. The Kier molecular flexibility index (Phi) is 24.2. The van der Waals surface area contributed by atoms with Gasteiger partial charge in [-0.2, -0.15) is 0 Å². The smallest absolute Gasteiger partial charge is 0.323 e. The predicted octanol–water partition coefficient (Wildman–Crippen LogP) is -2.96. The third-order valence-corrected chi connectivity index (χ3v) is 2.42. The van der Waals surface area contributed by atoms with Gasteiger partial charge >= 0.3 is 35.8 Å². The Morgan fingerprint density at radius 3 is 0.935 bits per heavy atom. The van der Waals surface area contributed by atoms with E-state index in [0.29, 0.717) is 0 Å². The second-order valence-electron chi connectivity index (χ2n) is 5.31. The first-order valence-corrected chi connectivity index (χ1v) is 8.12. The molecule has 0 fully saturated rings. The average molecular weight is 460 g/mol. The molecule has 31 heavy (non-hydrogen) atoms. The summed E-state index contributed by atoms with van der Waals surface area (Å²) in [5, 5.41) is 64.0. The van der Waals surface area contributed by atoms with Crippen LogP contribution in [0.4, 0.5) is 0 Å². The molecule has 16 nitrogen and oxygen atoms in total. The molecule has 0 amide bonds. The molecule has 16 heteroatoms. The van der Waals surface area contributed by atoms with Crippen LogP contribution in [0, 0.1) is 0 Å². The van der Waals surface area contributed by atoms with Crippen LogP contribution in [0.5, 0.6) is 0 Å². The SMILES string of the molecule is CC(O)C(N)C(=O)O.NC(CO)C(=O)O.O=C(O)CCC(=O)O.O=C(O)CCC(=O)O. The number of hydrogen-bond donors (Lipinski definition) is 10. The van der Waals surface area contributed by atoms with Gasteiger partial charge in [-0.1, -0.05) is 0 Å². The highest BCUT2D eigenvalue weighted by molar-refractivity contribution is 5.75. The fourth-order valence-electron chi connectivity index (χ4n) is 0.712. The molecule has 0 aromatic rings. The number of aliphatic carboxylic acids is 6. The first-order chi connectivity index (χ1) is 14.0. The Bertz CT molecular complexity index is 522. The normalized spacial score (nSPS) is 11.9. The molecule has 0 aromatic carbocycles. The summed E-state index contributed by atoms with van der Waals surface area (Å²) < 4.78 is 0. The zero-order valence-corrected chi connectivity index (χ0v) is 16.4. The number of aliphatic hydroxyl groups excluding tert-OH is 2. The Morgan fingerprint density at radius 1 is 0.645 bits per heavy atom. The van der Waals surface area contributed by atoms with Crippen LogP contribution in [0.1, 0.15) is 32.6 Å². The van der Waals surface area contributed by atoms with Crippen LogP contribution >= 0.6 is 0 Å². The molecule has 0 saturated carbocycles. The minimum absolute atomic E-state index is 0.296. The van der Waals surface area contributed by atoms with E-state index in [0.717, 1.165) is 0 Å². The van der Waals surface area contributed by atoms with Crippen LogP contribution in [0.15, 0.2) is 0 Å². The van der Waals surface area contributed by atoms with E-state index in [2.05, 4.69) is 0 Å². The van der Waals surface area contributed by atoms with Crippen molar-refractivity contribution >= 4 is 35.8 Å². The first-order valence-electron chi connectivity index (χ1n) is 8.12. The minimum Gasteiger partial charge on any atom is -0.481 e. The van der Waals surface area contributed by atoms with Gasteiger partial charge < -0.3 is 52.3 Å². The summed E-state index contributed by atoms with van der Waals surface area (Å²) in [5.41, 5.74) is 9.68. The van der Waals surface area contributed by atoms with E-state index >= 15 is 0 Å². The van der Waals surface area contributed by atoms with E-state index in [1.807, 2.05) is 0 Å². The van der Waals surface area contributed by atoms with E-state index in [1.54, 1.807) is 0 Å². The van der Waals surface area contributed by atoms with Crippen molar-refractivity contribution in [1.29, 1.82) is 0 Å². The third kappa shape index (κ3) is 38.0. The minimum atomic E-state index is -1.18. The molecular weight excluding hydrogens is 432 g/mol. The van der Waals surface area contributed by atoms with Crippen molar-refractivity contribution in [3.05, 3.63) is 0 Å². The van der Waals surface area contributed by atoms with Gasteiger partial charge in [-0.3, -0.25) is 28.8 Å². The van der Waals surface area contributed by atoms with Crippen molar-refractivity contribution in [1.82, 2.24) is 0 Å². The molecule has 0 saturated heterocycles. The van der Waals surface area contributed by atoms with Crippen molar-refractivity contribution in [3.63, 3.8) is 0 Å². The Labute approximate surface area is 175 Å². The number of hydrogen-bond acceptors (Lipinski definition) is 10. The van der Waals surface area contributed by atoms with Gasteiger partial charge in [-0.25, -0.2) is 0 Å². The number of carboxylic acid groups (broad SMARTS) is 6. The van der Waals surface area contributed by atoms with Crippen molar-refractivity contribution in [3.8, 4) is 0 Å². The maximum Gasteiger partial charge on any atom is 0.323 e. The van der Waals surface area contributed by atoms with E-state index in [4.69, 9.17) is 52.3 Å². The van der Waals surface area contributed by atoms with Crippen LogP contribution in [0.2, 0.25) is 0 Å². The van der Waals surface area contributed by atoms with Gasteiger partial charge in [0.25, 0.3) is 0 Å². The summed E-state index contributed by atoms with van der Waals surface area (Å²) in [6.07, 6.45) is -2.16. The Hall–Kier alpha value is -3.34. The van der Waals surface area contributed by atoms with Gasteiger partial charge in [0.2, 0.25) is 0 Å². The van der Waals surface area contributed by atoms with Crippen molar-refractivity contribution in [2.75, 3.05) is 6.61 Å². The molecule has 0 radical (unpaired) electrons. The number of carbonyl (C=O) groups is 6. The molecule has 0 spiro atoms. The Morgan fingerprint density at radius 2 is 0.903 bits per heavy atom. The zero-order valence-electron chi connectivity index (χ0n) is 16.4. The molecule has 3 atom stereocenters. The second kappa shape index (κ2) is 21.4. The van der Waals surface area contributed by atoms with Gasteiger partial charge in [0.1, 0.15) is 12.1 Å². The molecule has 12 N–H and O–H groups in total. The third-order valence-electron chi connectivity index (χ3n) is 2.42. The molecule has 0 aromatic heterocycles.